The highest BCUT2D eigenvalue weighted by atomic mass is 16.5. The van der Waals surface area contributed by atoms with Crippen LogP contribution >= 0.6 is 0 Å². The number of ether oxygens (including phenoxy) is 1. The third kappa shape index (κ3) is 3.46. The molecule has 2 aliphatic carbocycles. The number of fused-ring (bicyclic) bond motifs is 1. The molecule has 1 heterocycles. The average molecular weight is 380 g/mol. The average Bonchev–Trinajstić information content (AvgIpc) is 3.49. The van der Waals surface area contributed by atoms with E-state index in [1.807, 2.05) is 39.1 Å². The molecular formula is C23H28N2O3. The van der Waals surface area contributed by atoms with Gasteiger partial charge in [0, 0.05) is 24.5 Å². The van der Waals surface area contributed by atoms with Crippen LogP contribution in [0.5, 0.6) is 0 Å². The van der Waals surface area contributed by atoms with E-state index in [-0.39, 0.29) is 18.6 Å². The first-order valence-electron chi connectivity index (χ1n) is 10.2. The van der Waals surface area contributed by atoms with Gasteiger partial charge in [-0.3, -0.25) is 4.79 Å². The topological polar surface area (TPSA) is 51.5 Å². The summed E-state index contributed by atoms with van der Waals surface area (Å²) in [5.41, 5.74) is 5.11. The predicted octanol–water partition coefficient (Wildman–Crippen LogP) is 4.13. The zero-order chi connectivity index (χ0) is 19.8. The van der Waals surface area contributed by atoms with E-state index in [1.165, 1.54) is 11.1 Å². The van der Waals surface area contributed by atoms with Crippen molar-refractivity contribution in [1.82, 2.24) is 9.47 Å². The largest absolute Gasteiger partial charge is 0.452 e. The summed E-state index contributed by atoms with van der Waals surface area (Å²) in [5, 5.41) is 0. The molecule has 1 amide bonds. The van der Waals surface area contributed by atoms with Crippen LogP contribution in [0.1, 0.15) is 70.6 Å². The molecule has 5 nitrogen and oxygen atoms in total. The molecule has 2 aromatic rings. The normalized spacial score (nSPS) is 18.5. The highest BCUT2D eigenvalue weighted by Crippen LogP contribution is 2.38. The molecule has 1 aromatic heterocycles. The second-order valence-electron chi connectivity index (χ2n) is 8.07. The van der Waals surface area contributed by atoms with Crippen LogP contribution in [0.3, 0.4) is 0 Å². The Bertz CT molecular complexity index is 911. The number of esters is 1. The summed E-state index contributed by atoms with van der Waals surface area (Å²) in [6, 6.07) is 10.7. The standard InChI is InChI=1S/C23H28N2O3/c1-15-13-20(16(2)25(15)18-11-12-18)23(27)28-14-22(26)24(3)21-10-6-8-17-7-4-5-9-19(17)21/h4-5,7,9,13,18,21H,6,8,10-12,14H2,1-3H3/t21-/m1/s1. The van der Waals surface area contributed by atoms with Crippen LogP contribution in [0.25, 0.3) is 0 Å². The smallest absolute Gasteiger partial charge is 0.340 e. The van der Waals surface area contributed by atoms with Gasteiger partial charge in [-0.05, 0) is 63.1 Å². The molecule has 28 heavy (non-hydrogen) atoms. The zero-order valence-electron chi connectivity index (χ0n) is 16.9. The highest BCUT2D eigenvalue weighted by molar-refractivity contribution is 5.92. The molecule has 0 unspecified atom stereocenters. The van der Waals surface area contributed by atoms with Gasteiger partial charge in [0.15, 0.2) is 6.61 Å². The Labute approximate surface area is 166 Å². The summed E-state index contributed by atoms with van der Waals surface area (Å²) in [7, 11) is 1.81. The molecule has 4 rings (SSSR count). The van der Waals surface area contributed by atoms with Gasteiger partial charge in [0.05, 0.1) is 11.6 Å². The molecule has 1 aromatic carbocycles. The molecule has 0 spiro atoms. The van der Waals surface area contributed by atoms with Crippen molar-refractivity contribution in [1.29, 1.82) is 0 Å². The minimum atomic E-state index is -0.411. The Kier molecular flexibility index (Phi) is 5.00. The number of carbonyl (C=O) groups is 2. The van der Waals surface area contributed by atoms with Gasteiger partial charge < -0.3 is 14.2 Å². The maximum atomic E-state index is 12.7. The number of likely N-dealkylation sites (N-methyl/N-ethyl adjacent to an activating group) is 1. The minimum absolute atomic E-state index is 0.0519. The first-order chi connectivity index (χ1) is 13.5. The Morgan fingerprint density at radius 2 is 1.93 bits per heavy atom. The van der Waals surface area contributed by atoms with E-state index in [0.29, 0.717) is 11.6 Å². The lowest BCUT2D eigenvalue weighted by molar-refractivity contribution is -0.135. The lowest BCUT2D eigenvalue weighted by atomic mass is 9.87. The third-order valence-corrected chi connectivity index (χ3v) is 6.14. The van der Waals surface area contributed by atoms with Crippen LogP contribution in [-0.4, -0.2) is 35.0 Å². The molecule has 5 heteroatoms. The molecule has 0 saturated heterocycles. The minimum Gasteiger partial charge on any atom is -0.452 e. The van der Waals surface area contributed by atoms with E-state index in [2.05, 4.69) is 16.7 Å². The number of amides is 1. The Morgan fingerprint density at radius 1 is 1.18 bits per heavy atom. The third-order valence-electron chi connectivity index (χ3n) is 6.14. The molecule has 0 bridgehead atoms. The van der Waals surface area contributed by atoms with Crippen LogP contribution in [0, 0.1) is 13.8 Å². The monoisotopic (exact) mass is 380 g/mol. The van der Waals surface area contributed by atoms with Crippen LogP contribution in [0.4, 0.5) is 0 Å². The number of hydrogen-bond acceptors (Lipinski definition) is 3. The van der Waals surface area contributed by atoms with Crippen molar-refractivity contribution < 1.29 is 14.3 Å². The maximum Gasteiger partial charge on any atom is 0.340 e. The van der Waals surface area contributed by atoms with Gasteiger partial charge >= 0.3 is 5.97 Å². The van der Waals surface area contributed by atoms with Crippen LogP contribution in [0.15, 0.2) is 30.3 Å². The fourth-order valence-corrected chi connectivity index (χ4v) is 4.49. The first kappa shape index (κ1) is 18.8. The van der Waals surface area contributed by atoms with Crippen LogP contribution < -0.4 is 0 Å². The van der Waals surface area contributed by atoms with Gasteiger partial charge in [-0.15, -0.1) is 0 Å². The second kappa shape index (κ2) is 7.46. The molecule has 0 radical (unpaired) electrons. The lowest BCUT2D eigenvalue weighted by Crippen LogP contribution is -2.36. The number of rotatable bonds is 5. The lowest BCUT2D eigenvalue weighted by Gasteiger charge is -2.33. The van der Waals surface area contributed by atoms with Gasteiger partial charge in [0.2, 0.25) is 0 Å². The van der Waals surface area contributed by atoms with E-state index >= 15 is 0 Å². The first-order valence-corrected chi connectivity index (χ1v) is 10.2. The predicted molar refractivity (Wildman–Crippen MR) is 107 cm³/mol. The van der Waals surface area contributed by atoms with Crippen molar-refractivity contribution in [3.05, 3.63) is 58.4 Å². The fourth-order valence-electron chi connectivity index (χ4n) is 4.49. The molecule has 1 saturated carbocycles. The maximum absolute atomic E-state index is 12.7. The fraction of sp³-hybridized carbons (Fsp3) is 0.478. The van der Waals surface area contributed by atoms with Gasteiger partial charge in [-0.1, -0.05) is 24.3 Å². The number of carbonyl (C=O) groups excluding carboxylic acids is 2. The van der Waals surface area contributed by atoms with E-state index in [9.17, 15) is 9.59 Å². The number of benzene rings is 1. The van der Waals surface area contributed by atoms with E-state index in [1.54, 1.807) is 4.90 Å². The van der Waals surface area contributed by atoms with Gasteiger partial charge in [-0.2, -0.15) is 0 Å². The van der Waals surface area contributed by atoms with Gasteiger partial charge in [0.25, 0.3) is 5.91 Å². The van der Waals surface area contributed by atoms with Gasteiger partial charge in [0.1, 0.15) is 0 Å². The molecule has 0 aliphatic heterocycles. The van der Waals surface area contributed by atoms with Gasteiger partial charge in [-0.25, -0.2) is 4.79 Å². The molecular weight excluding hydrogens is 352 g/mol. The van der Waals surface area contributed by atoms with Crippen molar-refractivity contribution in [2.75, 3.05) is 13.7 Å². The quantitative estimate of drug-likeness (QED) is 0.733. The summed E-state index contributed by atoms with van der Waals surface area (Å²) < 4.78 is 7.61. The summed E-state index contributed by atoms with van der Waals surface area (Å²) in [4.78, 5) is 27.0. The SMILES string of the molecule is Cc1cc(C(=O)OCC(=O)N(C)[C@@H]2CCCc3ccccc32)c(C)n1C1CC1. The highest BCUT2D eigenvalue weighted by Gasteiger charge is 2.30. The number of hydrogen-bond donors (Lipinski definition) is 0. The summed E-state index contributed by atoms with van der Waals surface area (Å²) in [6.07, 6.45) is 5.39. The number of aromatic nitrogens is 1. The van der Waals surface area contributed by atoms with Crippen LogP contribution in [-0.2, 0) is 16.0 Å². The van der Waals surface area contributed by atoms with Crippen LogP contribution in [0.2, 0.25) is 0 Å². The van der Waals surface area contributed by atoms with Crippen molar-refractivity contribution in [3.63, 3.8) is 0 Å². The summed E-state index contributed by atoms with van der Waals surface area (Å²) >= 11 is 0. The summed E-state index contributed by atoms with van der Waals surface area (Å²) in [6.45, 7) is 3.75. The summed E-state index contributed by atoms with van der Waals surface area (Å²) in [5.74, 6) is -0.572. The molecule has 1 atom stereocenters. The molecule has 2 aliphatic rings. The van der Waals surface area contributed by atoms with Crippen molar-refractivity contribution in [2.45, 2.75) is 58.0 Å². The number of nitrogens with zero attached hydrogens (tertiary/aromatic N) is 2. The number of aryl methyl sites for hydroxylation is 2. The van der Waals surface area contributed by atoms with Crippen molar-refractivity contribution in [3.8, 4) is 0 Å². The van der Waals surface area contributed by atoms with E-state index in [0.717, 1.165) is 43.5 Å². The molecule has 148 valence electrons. The van der Waals surface area contributed by atoms with E-state index < -0.39 is 5.97 Å². The molecule has 0 N–H and O–H groups in total. The Hall–Kier alpha value is -2.56. The Morgan fingerprint density at radius 3 is 2.68 bits per heavy atom. The van der Waals surface area contributed by atoms with E-state index in [4.69, 9.17) is 4.74 Å². The van der Waals surface area contributed by atoms with Crippen molar-refractivity contribution in [2.24, 2.45) is 0 Å². The van der Waals surface area contributed by atoms with Crippen molar-refractivity contribution >= 4 is 11.9 Å². The molecule has 1 fully saturated rings. The Balaban J connectivity index is 1.41. The second-order valence-corrected chi connectivity index (χ2v) is 8.07. The zero-order valence-corrected chi connectivity index (χ0v) is 16.9.